The fourth-order valence-corrected chi connectivity index (χ4v) is 8.76. The van der Waals surface area contributed by atoms with E-state index in [0.29, 0.717) is 11.1 Å². The van der Waals surface area contributed by atoms with Crippen molar-refractivity contribution in [2.24, 2.45) is 0 Å². The normalized spacial score (nSPS) is 11.6. The van der Waals surface area contributed by atoms with E-state index < -0.39 is 0 Å². The van der Waals surface area contributed by atoms with Crippen LogP contribution in [-0.2, 0) is 0 Å². The van der Waals surface area contributed by atoms with Crippen LogP contribution in [0.15, 0.2) is 176 Å². The number of nitrogens with zero attached hydrogens (tertiary/aromatic N) is 5. The van der Waals surface area contributed by atoms with Gasteiger partial charge in [0.2, 0.25) is 0 Å². The van der Waals surface area contributed by atoms with E-state index in [9.17, 15) is 10.5 Å². The van der Waals surface area contributed by atoms with Crippen LogP contribution in [0.3, 0.4) is 0 Å². The molecule has 0 aliphatic rings. The molecule has 11 aromatic rings. The van der Waals surface area contributed by atoms with Gasteiger partial charge in [0.05, 0.1) is 62.1 Å². The van der Waals surface area contributed by atoms with Crippen LogP contribution in [0.25, 0.3) is 93.6 Å². The lowest BCUT2D eigenvalue weighted by Crippen LogP contribution is -1.98. The van der Waals surface area contributed by atoms with Crippen molar-refractivity contribution in [3.63, 3.8) is 0 Å². The Morgan fingerprint density at radius 1 is 0.327 bits per heavy atom. The molecular formula is C50H29N5. The molecule has 5 nitrogen and oxygen atoms in total. The first-order valence-corrected chi connectivity index (χ1v) is 18.3. The van der Waals surface area contributed by atoms with Gasteiger partial charge in [-0.1, -0.05) is 91.0 Å². The SMILES string of the molecule is N#Cc1cc(-c2cccc(-n3c4ccccc4c4c(-n5c6ccccc6c6ccccc65)cccc43)c2)cc(-n2c3ccccc3c3cc(C#N)ccc32)c1. The summed E-state index contributed by atoms with van der Waals surface area (Å²) >= 11 is 0. The van der Waals surface area contributed by atoms with Gasteiger partial charge in [-0.15, -0.1) is 0 Å². The maximum absolute atomic E-state index is 10.3. The molecule has 0 radical (unpaired) electrons. The van der Waals surface area contributed by atoms with E-state index in [2.05, 4.69) is 159 Å². The fourth-order valence-electron chi connectivity index (χ4n) is 8.76. The molecule has 0 unspecified atom stereocenters. The van der Waals surface area contributed by atoms with Gasteiger partial charge in [-0.25, -0.2) is 0 Å². The van der Waals surface area contributed by atoms with Gasteiger partial charge < -0.3 is 13.7 Å². The molecule has 0 amide bonds. The number of aromatic nitrogens is 3. The van der Waals surface area contributed by atoms with Crippen LogP contribution in [0, 0.1) is 22.7 Å². The Bertz CT molecular complexity index is 3420. The van der Waals surface area contributed by atoms with Crippen molar-refractivity contribution in [3.8, 4) is 40.3 Å². The van der Waals surface area contributed by atoms with Crippen molar-refractivity contribution in [2.75, 3.05) is 0 Å². The van der Waals surface area contributed by atoms with Crippen LogP contribution in [0.5, 0.6) is 0 Å². The van der Waals surface area contributed by atoms with Gasteiger partial charge in [0.1, 0.15) is 0 Å². The highest BCUT2D eigenvalue weighted by atomic mass is 15.0. The molecule has 11 rings (SSSR count). The molecule has 55 heavy (non-hydrogen) atoms. The minimum absolute atomic E-state index is 0.574. The molecule has 3 aromatic heterocycles. The second kappa shape index (κ2) is 11.8. The zero-order valence-corrected chi connectivity index (χ0v) is 29.5. The number of hydrogen-bond donors (Lipinski definition) is 0. The van der Waals surface area contributed by atoms with E-state index in [1.165, 1.54) is 32.6 Å². The standard InChI is InChI=1S/C50H29N5/c51-30-32-23-24-47-42(27-32)40-15-3-5-17-43(40)54(47)37-26-33(31-52)25-35(29-37)34-11-9-12-36(28-34)53-46-20-8-4-16-41(46)50-48(53)21-10-22-49(50)55-44-18-6-1-13-38(44)39-14-2-7-19-45(39)55/h1-29H. The Kier molecular flexibility index (Phi) is 6.61. The highest BCUT2D eigenvalue weighted by molar-refractivity contribution is 6.16. The topological polar surface area (TPSA) is 62.4 Å². The summed E-state index contributed by atoms with van der Waals surface area (Å²) in [4.78, 5) is 0. The third-order valence-electron chi connectivity index (χ3n) is 11.0. The van der Waals surface area contributed by atoms with Crippen LogP contribution in [-0.4, -0.2) is 13.7 Å². The molecule has 0 bridgehead atoms. The van der Waals surface area contributed by atoms with Crippen molar-refractivity contribution in [1.29, 1.82) is 10.5 Å². The Morgan fingerprint density at radius 3 is 1.55 bits per heavy atom. The smallest absolute Gasteiger partial charge is 0.0992 e. The summed E-state index contributed by atoms with van der Waals surface area (Å²) in [5.74, 6) is 0. The minimum Gasteiger partial charge on any atom is -0.309 e. The van der Waals surface area contributed by atoms with Crippen LogP contribution in [0.4, 0.5) is 0 Å². The molecule has 0 spiro atoms. The molecule has 0 N–H and O–H groups in total. The Morgan fingerprint density at radius 2 is 0.855 bits per heavy atom. The Balaban J connectivity index is 1.13. The third kappa shape index (κ3) is 4.51. The first-order valence-electron chi connectivity index (χ1n) is 18.3. The maximum Gasteiger partial charge on any atom is 0.0992 e. The summed E-state index contributed by atoms with van der Waals surface area (Å²) in [5, 5.41) is 26.9. The number of hydrogen-bond acceptors (Lipinski definition) is 2. The number of para-hydroxylation sites is 4. The molecule has 0 fully saturated rings. The predicted octanol–water partition coefficient (Wildman–Crippen LogP) is 12.4. The Hall–Kier alpha value is -7.86. The molecule has 0 aliphatic carbocycles. The zero-order chi connectivity index (χ0) is 36.6. The molecule has 254 valence electrons. The van der Waals surface area contributed by atoms with Crippen LogP contribution < -0.4 is 0 Å². The molecule has 5 heteroatoms. The number of rotatable bonds is 4. The first kappa shape index (κ1) is 30.7. The largest absolute Gasteiger partial charge is 0.309 e. The predicted molar refractivity (Wildman–Crippen MR) is 224 cm³/mol. The zero-order valence-electron chi connectivity index (χ0n) is 29.5. The monoisotopic (exact) mass is 699 g/mol. The van der Waals surface area contributed by atoms with Gasteiger partial charge in [-0.2, -0.15) is 10.5 Å². The second-order valence-corrected chi connectivity index (χ2v) is 14.0. The molecule has 0 saturated heterocycles. The van der Waals surface area contributed by atoms with E-state index in [-0.39, 0.29) is 0 Å². The van der Waals surface area contributed by atoms with Gasteiger partial charge >= 0.3 is 0 Å². The summed E-state index contributed by atoms with van der Waals surface area (Å²) in [5.41, 5.74) is 12.8. The lowest BCUT2D eigenvalue weighted by atomic mass is 10.0. The summed E-state index contributed by atoms with van der Waals surface area (Å²) in [6, 6.07) is 66.0. The number of benzene rings is 8. The Labute approximate surface area is 316 Å². The molecule has 3 heterocycles. The number of nitriles is 2. The molecule has 0 atom stereocenters. The van der Waals surface area contributed by atoms with Crippen LogP contribution in [0.1, 0.15) is 11.1 Å². The van der Waals surface area contributed by atoms with Crippen molar-refractivity contribution in [2.45, 2.75) is 0 Å². The quantitative estimate of drug-likeness (QED) is 0.184. The average Bonchev–Trinajstić information content (AvgIpc) is 3.89. The van der Waals surface area contributed by atoms with E-state index in [1.54, 1.807) is 0 Å². The lowest BCUT2D eigenvalue weighted by Gasteiger charge is -2.14. The lowest BCUT2D eigenvalue weighted by molar-refractivity contribution is 1.17. The molecule has 8 aromatic carbocycles. The van der Waals surface area contributed by atoms with Crippen molar-refractivity contribution in [3.05, 3.63) is 187 Å². The van der Waals surface area contributed by atoms with Crippen molar-refractivity contribution >= 4 is 65.4 Å². The molecular weight excluding hydrogens is 671 g/mol. The average molecular weight is 700 g/mol. The highest BCUT2D eigenvalue weighted by Crippen LogP contribution is 2.41. The maximum atomic E-state index is 10.3. The van der Waals surface area contributed by atoms with E-state index in [1.807, 2.05) is 42.5 Å². The number of fused-ring (bicyclic) bond motifs is 9. The van der Waals surface area contributed by atoms with Gasteiger partial charge in [-0.3, -0.25) is 0 Å². The van der Waals surface area contributed by atoms with Crippen LogP contribution >= 0.6 is 0 Å². The van der Waals surface area contributed by atoms with Gasteiger partial charge in [-0.05, 0) is 96.1 Å². The highest BCUT2D eigenvalue weighted by Gasteiger charge is 2.20. The fraction of sp³-hybridized carbons (Fsp3) is 0. The van der Waals surface area contributed by atoms with E-state index in [4.69, 9.17) is 0 Å². The summed E-state index contributed by atoms with van der Waals surface area (Å²) in [6.45, 7) is 0. The first-order chi connectivity index (χ1) is 27.2. The summed E-state index contributed by atoms with van der Waals surface area (Å²) in [7, 11) is 0. The minimum atomic E-state index is 0.574. The van der Waals surface area contributed by atoms with Crippen LogP contribution in [0.2, 0.25) is 0 Å². The molecule has 0 aliphatic heterocycles. The third-order valence-corrected chi connectivity index (χ3v) is 11.0. The van der Waals surface area contributed by atoms with Gasteiger partial charge in [0.25, 0.3) is 0 Å². The second-order valence-electron chi connectivity index (χ2n) is 14.0. The summed E-state index contributed by atoms with van der Waals surface area (Å²) in [6.07, 6.45) is 0. The van der Waals surface area contributed by atoms with E-state index >= 15 is 0 Å². The molecule has 0 saturated carbocycles. The van der Waals surface area contributed by atoms with Crippen molar-refractivity contribution in [1.82, 2.24) is 13.7 Å². The van der Waals surface area contributed by atoms with E-state index in [0.717, 1.165) is 61.0 Å². The van der Waals surface area contributed by atoms with Crippen molar-refractivity contribution < 1.29 is 0 Å². The van der Waals surface area contributed by atoms with Gasteiger partial charge in [0.15, 0.2) is 0 Å². The van der Waals surface area contributed by atoms with Gasteiger partial charge in [0, 0.05) is 43.7 Å². The summed E-state index contributed by atoms with van der Waals surface area (Å²) < 4.78 is 6.97.